The van der Waals surface area contributed by atoms with Crippen LogP contribution in [-0.4, -0.2) is 41.5 Å². The van der Waals surface area contributed by atoms with Crippen molar-refractivity contribution in [1.82, 2.24) is 30.0 Å². The maximum Gasteiger partial charge on any atom is 0.127 e. The Kier molecular flexibility index (Phi) is 15.5. The zero-order valence-electron chi connectivity index (χ0n) is 30.1. The minimum atomic E-state index is 0.0979. The third-order valence-electron chi connectivity index (χ3n) is 10.4. The minimum Gasteiger partial charge on any atom is -0.229 e. The Morgan fingerprint density at radius 1 is 0.542 bits per heavy atom. The van der Waals surface area contributed by atoms with Gasteiger partial charge in [-0.15, -0.1) is 28.6 Å². The van der Waals surface area contributed by atoms with E-state index in [2.05, 4.69) is 106 Å². The van der Waals surface area contributed by atoms with Crippen LogP contribution in [0.1, 0.15) is 155 Å². The largest absolute Gasteiger partial charge is 0.229 e. The molecule has 6 rings (SSSR count). The third kappa shape index (κ3) is 10.2. The zero-order valence-corrected chi connectivity index (χ0v) is 31.7. The number of thioether (sulfide) groups is 2. The topological polar surface area (TPSA) is 61.4 Å². The molecule has 48 heavy (non-hydrogen) atoms. The van der Waals surface area contributed by atoms with Crippen LogP contribution in [0.15, 0.2) is 48.5 Å². The molecule has 0 spiro atoms. The second-order valence-corrected chi connectivity index (χ2v) is 17.1. The van der Waals surface area contributed by atoms with Gasteiger partial charge in [0, 0.05) is 0 Å². The fourth-order valence-corrected chi connectivity index (χ4v) is 10.6. The van der Waals surface area contributed by atoms with Crippen LogP contribution in [0, 0.1) is 0 Å². The second-order valence-electron chi connectivity index (χ2n) is 14.2. The number of hydrogen-bond acceptors (Lipinski definition) is 6. The van der Waals surface area contributed by atoms with Crippen LogP contribution in [0.3, 0.4) is 0 Å². The number of benzene rings is 2. The predicted molar refractivity (Wildman–Crippen MR) is 209 cm³/mol. The molecular weight excluding hydrogens is 629 g/mol. The van der Waals surface area contributed by atoms with Gasteiger partial charge in [0.15, 0.2) is 0 Å². The summed E-state index contributed by atoms with van der Waals surface area (Å²) in [5.41, 5.74) is 4.29. The number of rotatable bonds is 18. The molecule has 0 saturated heterocycles. The van der Waals surface area contributed by atoms with E-state index in [0.29, 0.717) is 0 Å². The summed E-state index contributed by atoms with van der Waals surface area (Å²) in [4.78, 5) is 2.30. The van der Waals surface area contributed by atoms with Crippen molar-refractivity contribution in [1.29, 1.82) is 0 Å². The molecule has 2 aliphatic rings. The minimum absolute atomic E-state index is 0.0979. The molecule has 264 valence electrons. The van der Waals surface area contributed by atoms with E-state index in [1.807, 2.05) is 0 Å². The van der Waals surface area contributed by atoms with Gasteiger partial charge in [-0.2, -0.15) is 15.0 Å². The molecule has 0 radical (unpaired) electrons. The van der Waals surface area contributed by atoms with Crippen molar-refractivity contribution in [2.75, 3.05) is 11.5 Å². The Morgan fingerprint density at radius 3 is 1.56 bits per heavy atom. The van der Waals surface area contributed by atoms with Crippen molar-refractivity contribution < 1.29 is 0 Å². The van der Waals surface area contributed by atoms with Crippen LogP contribution in [0.25, 0.3) is 22.1 Å². The van der Waals surface area contributed by atoms with Crippen LogP contribution >= 0.6 is 23.5 Å². The van der Waals surface area contributed by atoms with Gasteiger partial charge < -0.3 is 0 Å². The van der Waals surface area contributed by atoms with Gasteiger partial charge in [-0.05, 0) is 74.3 Å². The monoisotopic (exact) mass is 690 g/mol. The summed E-state index contributed by atoms with van der Waals surface area (Å²) in [5, 5.41) is 18.7. The van der Waals surface area contributed by atoms with Crippen LogP contribution in [0.5, 0.6) is 0 Å². The number of fused-ring (bicyclic) bond motifs is 2. The molecule has 6 nitrogen and oxygen atoms in total. The summed E-state index contributed by atoms with van der Waals surface area (Å²) < 4.78 is 2.25. The molecule has 2 fully saturated rings. The van der Waals surface area contributed by atoms with Crippen molar-refractivity contribution in [3.8, 4) is 0 Å². The van der Waals surface area contributed by atoms with E-state index in [-0.39, 0.29) is 9.74 Å². The van der Waals surface area contributed by atoms with Gasteiger partial charge >= 0.3 is 0 Å². The lowest BCUT2D eigenvalue weighted by molar-refractivity contribution is 0.263. The van der Waals surface area contributed by atoms with Gasteiger partial charge in [0.2, 0.25) is 0 Å². The van der Waals surface area contributed by atoms with E-state index < -0.39 is 0 Å². The highest BCUT2D eigenvalue weighted by molar-refractivity contribution is 8.00. The first kappa shape index (κ1) is 37.2. The van der Waals surface area contributed by atoms with Crippen molar-refractivity contribution in [3.63, 3.8) is 0 Å². The first-order valence-electron chi connectivity index (χ1n) is 19.6. The van der Waals surface area contributed by atoms with Gasteiger partial charge in [0.05, 0.1) is 5.52 Å². The highest BCUT2D eigenvalue weighted by Gasteiger charge is 2.37. The van der Waals surface area contributed by atoms with E-state index in [4.69, 9.17) is 10.2 Å². The quantitative estimate of drug-likeness (QED) is 0.0968. The van der Waals surface area contributed by atoms with Crippen molar-refractivity contribution in [3.05, 3.63) is 48.5 Å². The van der Waals surface area contributed by atoms with Crippen molar-refractivity contribution in [2.45, 2.75) is 165 Å². The smallest absolute Gasteiger partial charge is 0.127 e. The molecule has 2 aliphatic carbocycles. The van der Waals surface area contributed by atoms with Crippen LogP contribution in [0.2, 0.25) is 0 Å². The number of para-hydroxylation sites is 1. The molecule has 4 aromatic rings. The number of nitrogens with zero attached hydrogens (tertiary/aromatic N) is 6. The summed E-state index contributed by atoms with van der Waals surface area (Å²) in [7, 11) is 0. The molecule has 0 unspecified atom stereocenters. The molecule has 0 amide bonds. The molecule has 2 aromatic heterocycles. The lowest BCUT2D eigenvalue weighted by Crippen LogP contribution is -2.35. The third-order valence-corrected chi connectivity index (χ3v) is 13.6. The molecule has 8 heteroatoms. The highest BCUT2D eigenvalue weighted by atomic mass is 32.2. The average molecular weight is 691 g/mol. The van der Waals surface area contributed by atoms with Gasteiger partial charge in [0.1, 0.15) is 26.3 Å². The van der Waals surface area contributed by atoms with Crippen molar-refractivity contribution in [2.24, 2.45) is 0 Å². The SMILES string of the molecule is CCCCCCCCSC1(n2nc3ccccc3n2)CCCCC1.CCCCCCCCSC1(n2nnc3ccccc32)CCCCC1. The summed E-state index contributed by atoms with van der Waals surface area (Å²) in [6.07, 6.45) is 29.3. The predicted octanol–water partition coefficient (Wildman–Crippen LogP) is 12.3. The van der Waals surface area contributed by atoms with Gasteiger partial charge in [0.25, 0.3) is 0 Å². The summed E-state index contributed by atoms with van der Waals surface area (Å²) in [6, 6.07) is 16.7. The molecule has 0 atom stereocenters. The molecule has 0 bridgehead atoms. The fourth-order valence-electron chi connectivity index (χ4n) is 7.53. The first-order valence-corrected chi connectivity index (χ1v) is 21.6. The van der Waals surface area contributed by atoms with Gasteiger partial charge in [-0.1, -0.05) is 146 Å². The molecule has 0 N–H and O–H groups in total. The number of hydrogen-bond donors (Lipinski definition) is 0. The van der Waals surface area contributed by atoms with E-state index >= 15 is 0 Å². The lowest BCUT2D eigenvalue weighted by Gasteiger charge is -2.37. The standard InChI is InChI=1S/2C20H31N3S/c1-2-3-4-5-6-12-17-24-20(15-10-7-11-16-20)23-19-14-9-8-13-18(19)21-22-23;1-2-3-4-5-6-12-17-24-20(15-10-7-11-16-20)23-21-18-13-8-9-14-19(18)22-23/h2*8-9,13-14H,2-7,10-12,15-17H2,1H3. The van der Waals surface area contributed by atoms with E-state index in [1.54, 1.807) is 0 Å². The first-order chi connectivity index (χ1) is 23.7. The Bertz CT molecular complexity index is 1410. The normalized spacial score (nSPS) is 17.4. The Balaban J connectivity index is 0.000000188. The van der Waals surface area contributed by atoms with E-state index in [0.717, 1.165) is 16.6 Å². The molecular formula is C40H62N6S2. The summed E-state index contributed by atoms with van der Waals surface area (Å²) in [6.45, 7) is 4.56. The van der Waals surface area contributed by atoms with E-state index in [1.165, 1.54) is 158 Å². The molecule has 2 saturated carbocycles. The van der Waals surface area contributed by atoms with Gasteiger partial charge in [-0.25, -0.2) is 4.68 Å². The maximum absolute atomic E-state index is 4.83. The maximum atomic E-state index is 4.83. The number of aromatic nitrogens is 6. The summed E-state index contributed by atoms with van der Waals surface area (Å²) in [5.74, 6) is 2.49. The number of unbranched alkanes of at least 4 members (excludes halogenated alkanes) is 10. The Hall–Kier alpha value is -2.06. The molecule has 2 aromatic carbocycles. The highest BCUT2D eigenvalue weighted by Crippen LogP contribution is 2.46. The zero-order chi connectivity index (χ0) is 33.3. The second kappa shape index (κ2) is 20.0. The lowest BCUT2D eigenvalue weighted by atomic mass is 9.94. The summed E-state index contributed by atoms with van der Waals surface area (Å²) >= 11 is 4.26. The van der Waals surface area contributed by atoms with E-state index in [9.17, 15) is 0 Å². The average Bonchev–Trinajstić information content (AvgIpc) is 3.78. The molecule has 2 heterocycles. The Morgan fingerprint density at radius 2 is 1.00 bits per heavy atom. The van der Waals surface area contributed by atoms with Crippen LogP contribution in [-0.2, 0) is 9.74 Å². The van der Waals surface area contributed by atoms with Crippen LogP contribution in [0.4, 0.5) is 0 Å². The van der Waals surface area contributed by atoms with Crippen LogP contribution < -0.4 is 0 Å². The molecule has 0 aliphatic heterocycles. The van der Waals surface area contributed by atoms with Crippen molar-refractivity contribution >= 4 is 45.6 Å². The fraction of sp³-hybridized carbons (Fsp3) is 0.700. The van der Waals surface area contributed by atoms with Gasteiger partial charge in [-0.3, -0.25) is 0 Å². The Labute approximate surface area is 299 Å².